The first-order chi connectivity index (χ1) is 5.97. The highest BCUT2D eigenvalue weighted by molar-refractivity contribution is 7.99. The van der Waals surface area contributed by atoms with Crippen LogP contribution in [0.3, 0.4) is 0 Å². The zero-order valence-corrected chi connectivity index (χ0v) is 9.86. The molecule has 0 saturated carbocycles. The summed E-state index contributed by atoms with van der Waals surface area (Å²) in [6.07, 6.45) is 1.10. The molecule has 1 aliphatic heterocycles. The van der Waals surface area contributed by atoms with Crippen LogP contribution < -0.4 is 5.73 Å². The molecular weight excluding hydrogens is 180 g/mol. The maximum Gasteiger partial charge on any atom is 0.0147 e. The number of hydrogen-bond donors (Lipinski definition) is 1. The van der Waals surface area contributed by atoms with Crippen molar-refractivity contribution in [2.24, 2.45) is 5.73 Å². The van der Waals surface area contributed by atoms with E-state index in [4.69, 9.17) is 5.73 Å². The summed E-state index contributed by atoms with van der Waals surface area (Å²) in [5.74, 6) is 1.28. The van der Waals surface area contributed by atoms with Gasteiger partial charge in [-0.05, 0) is 26.8 Å². The van der Waals surface area contributed by atoms with Crippen molar-refractivity contribution in [3.63, 3.8) is 0 Å². The van der Waals surface area contributed by atoms with Crippen molar-refractivity contribution >= 4 is 11.8 Å². The molecule has 0 bridgehead atoms. The highest BCUT2D eigenvalue weighted by Gasteiger charge is 2.18. The molecule has 2 N–H and O–H groups in total. The second-order valence-corrected chi connectivity index (χ2v) is 6.27. The van der Waals surface area contributed by atoms with Crippen molar-refractivity contribution in [2.45, 2.75) is 38.0 Å². The fourth-order valence-electron chi connectivity index (χ4n) is 1.54. The topological polar surface area (TPSA) is 29.3 Å². The zero-order chi connectivity index (χ0) is 9.90. The average Bonchev–Trinajstić information content (AvgIpc) is 2.00. The Balaban J connectivity index is 2.21. The van der Waals surface area contributed by atoms with Gasteiger partial charge in [0.25, 0.3) is 0 Å². The third-order valence-corrected chi connectivity index (χ3v) is 3.53. The fourth-order valence-corrected chi connectivity index (χ4v) is 2.62. The molecular formula is C10H22N2S. The van der Waals surface area contributed by atoms with Crippen LogP contribution in [-0.4, -0.2) is 41.1 Å². The van der Waals surface area contributed by atoms with Crippen LogP contribution in [-0.2, 0) is 0 Å². The lowest BCUT2D eigenvalue weighted by Gasteiger charge is -2.32. The molecule has 0 radical (unpaired) electrons. The van der Waals surface area contributed by atoms with Gasteiger partial charge in [0, 0.05) is 29.6 Å². The molecule has 1 aliphatic rings. The Bertz CT molecular complexity index is 153. The van der Waals surface area contributed by atoms with Crippen LogP contribution >= 0.6 is 11.8 Å². The molecule has 0 aromatic rings. The Hall–Kier alpha value is 0.270. The van der Waals surface area contributed by atoms with E-state index in [2.05, 4.69) is 37.4 Å². The minimum atomic E-state index is -0.00612. The molecule has 3 heteroatoms. The maximum atomic E-state index is 5.96. The van der Waals surface area contributed by atoms with Gasteiger partial charge in [-0.25, -0.2) is 0 Å². The predicted octanol–water partition coefficient (Wildman–Crippen LogP) is 1.55. The van der Waals surface area contributed by atoms with Crippen LogP contribution in [0.15, 0.2) is 0 Å². The van der Waals surface area contributed by atoms with Gasteiger partial charge >= 0.3 is 0 Å². The Morgan fingerprint density at radius 3 is 2.77 bits per heavy atom. The van der Waals surface area contributed by atoms with Crippen LogP contribution in [0.25, 0.3) is 0 Å². The van der Waals surface area contributed by atoms with Crippen LogP contribution in [0.2, 0.25) is 0 Å². The van der Waals surface area contributed by atoms with Crippen molar-refractivity contribution in [1.29, 1.82) is 0 Å². The molecule has 2 nitrogen and oxygen atoms in total. The molecule has 1 rings (SSSR count). The van der Waals surface area contributed by atoms with E-state index in [0.29, 0.717) is 0 Å². The van der Waals surface area contributed by atoms with E-state index in [0.717, 1.165) is 18.2 Å². The van der Waals surface area contributed by atoms with Gasteiger partial charge in [0.2, 0.25) is 0 Å². The van der Waals surface area contributed by atoms with Crippen molar-refractivity contribution in [3.05, 3.63) is 0 Å². The van der Waals surface area contributed by atoms with Crippen molar-refractivity contribution < 1.29 is 0 Å². The van der Waals surface area contributed by atoms with Gasteiger partial charge in [-0.2, -0.15) is 11.8 Å². The Labute approximate surface area is 86.2 Å². The molecule has 1 unspecified atom stereocenters. The first-order valence-corrected chi connectivity index (χ1v) is 6.15. The van der Waals surface area contributed by atoms with Gasteiger partial charge in [-0.3, -0.25) is 0 Å². The van der Waals surface area contributed by atoms with Crippen LogP contribution in [0.4, 0.5) is 0 Å². The molecule has 13 heavy (non-hydrogen) atoms. The highest BCUT2D eigenvalue weighted by Crippen LogP contribution is 2.18. The molecule has 1 atom stereocenters. The lowest BCUT2D eigenvalue weighted by Crippen LogP contribution is -2.42. The smallest absolute Gasteiger partial charge is 0.0147 e. The molecule has 0 spiro atoms. The molecule has 0 amide bonds. The number of rotatable bonds is 3. The minimum Gasteiger partial charge on any atom is -0.326 e. The SMILES string of the molecule is CC1CN(CCC(C)(C)N)CCS1. The van der Waals surface area contributed by atoms with E-state index in [9.17, 15) is 0 Å². The maximum absolute atomic E-state index is 5.96. The fraction of sp³-hybridized carbons (Fsp3) is 1.00. The molecule has 1 fully saturated rings. The summed E-state index contributed by atoms with van der Waals surface area (Å²) in [7, 11) is 0. The molecule has 78 valence electrons. The molecule has 0 aromatic heterocycles. The number of nitrogens with zero attached hydrogens (tertiary/aromatic N) is 1. The van der Waals surface area contributed by atoms with E-state index in [-0.39, 0.29) is 5.54 Å². The Kier molecular flexibility index (Phi) is 4.07. The highest BCUT2D eigenvalue weighted by atomic mass is 32.2. The lowest BCUT2D eigenvalue weighted by molar-refractivity contribution is 0.258. The second kappa shape index (κ2) is 4.67. The quantitative estimate of drug-likeness (QED) is 0.753. The lowest BCUT2D eigenvalue weighted by atomic mass is 10.0. The van der Waals surface area contributed by atoms with Crippen molar-refractivity contribution in [3.8, 4) is 0 Å². The van der Waals surface area contributed by atoms with Crippen LogP contribution in [0.5, 0.6) is 0 Å². The monoisotopic (exact) mass is 202 g/mol. The molecule has 1 saturated heterocycles. The first kappa shape index (κ1) is 11.3. The van der Waals surface area contributed by atoms with Gasteiger partial charge < -0.3 is 10.6 Å². The Morgan fingerprint density at radius 1 is 1.54 bits per heavy atom. The summed E-state index contributed by atoms with van der Waals surface area (Å²) in [6, 6.07) is 0. The minimum absolute atomic E-state index is 0.00612. The summed E-state index contributed by atoms with van der Waals surface area (Å²) in [4.78, 5) is 2.54. The molecule has 0 aromatic carbocycles. The van der Waals surface area contributed by atoms with Gasteiger partial charge in [0.1, 0.15) is 0 Å². The Morgan fingerprint density at radius 2 is 2.23 bits per heavy atom. The van der Waals surface area contributed by atoms with Crippen molar-refractivity contribution in [1.82, 2.24) is 4.90 Å². The van der Waals surface area contributed by atoms with Gasteiger partial charge in [0.15, 0.2) is 0 Å². The van der Waals surface area contributed by atoms with E-state index >= 15 is 0 Å². The second-order valence-electron chi connectivity index (χ2n) is 4.72. The van der Waals surface area contributed by atoms with E-state index < -0.39 is 0 Å². The summed E-state index contributed by atoms with van der Waals surface area (Å²) in [5.41, 5.74) is 5.95. The van der Waals surface area contributed by atoms with Crippen LogP contribution in [0, 0.1) is 0 Å². The van der Waals surface area contributed by atoms with E-state index in [1.807, 2.05) is 0 Å². The predicted molar refractivity (Wildman–Crippen MR) is 61.2 cm³/mol. The zero-order valence-electron chi connectivity index (χ0n) is 9.05. The largest absolute Gasteiger partial charge is 0.326 e. The summed E-state index contributed by atoms with van der Waals surface area (Å²) in [6.45, 7) is 10.2. The third-order valence-electron chi connectivity index (χ3n) is 2.40. The summed E-state index contributed by atoms with van der Waals surface area (Å²) >= 11 is 2.08. The molecule has 1 heterocycles. The van der Waals surface area contributed by atoms with Gasteiger partial charge in [-0.15, -0.1) is 0 Å². The summed E-state index contributed by atoms with van der Waals surface area (Å²) < 4.78 is 0. The third kappa shape index (κ3) is 4.89. The molecule has 0 aliphatic carbocycles. The van der Waals surface area contributed by atoms with E-state index in [1.54, 1.807) is 0 Å². The number of nitrogens with two attached hydrogens (primary N) is 1. The number of hydrogen-bond acceptors (Lipinski definition) is 3. The summed E-state index contributed by atoms with van der Waals surface area (Å²) in [5, 5.41) is 0.801. The standard InChI is InChI=1S/C10H22N2S/c1-9-8-12(6-7-13-9)5-4-10(2,3)11/h9H,4-8,11H2,1-3H3. The van der Waals surface area contributed by atoms with Gasteiger partial charge in [-0.1, -0.05) is 6.92 Å². The van der Waals surface area contributed by atoms with Crippen molar-refractivity contribution in [2.75, 3.05) is 25.4 Å². The van der Waals surface area contributed by atoms with E-state index in [1.165, 1.54) is 18.8 Å². The van der Waals surface area contributed by atoms with Gasteiger partial charge in [0.05, 0.1) is 0 Å². The normalized spacial score (nSPS) is 26.3. The number of thioether (sulfide) groups is 1. The van der Waals surface area contributed by atoms with Crippen LogP contribution in [0.1, 0.15) is 27.2 Å². The first-order valence-electron chi connectivity index (χ1n) is 5.10. The average molecular weight is 202 g/mol.